The van der Waals surface area contributed by atoms with Gasteiger partial charge in [-0.15, -0.1) is 0 Å². The van der Waals surface area contributed by atoms with Gasteiger partial charge in [0.05, 0.1) is 0 Å². The van der Waals surface area contributed by atoms with Gasteiger partial charge in [-0.2, -0.15) is 0 Å². The highest BCUT2D eigenvalue weighted by Gasteiger charge is 2.35. The molecule has 1 heteroatoms. The van der Waals surface area contributed by atoms with Gasteiger partial charge in [-0.1, -0.05) is 52.4 Å². The van der Waals surface area contributed by atoms with E-state index < -0.39 is 0 Å². The molecule has 1 fully saturated rings. The molecule has 0 amide bonds. The molecule has 1 aliphatic carbocycles. The Hall–Kier alpha value is -0.0400. The first-order valence-electron chi connectivity index (χ1n) is 6.90. The lowest BCUT2D eigenvalue weighted by Gasteiger charge is -2.34. The summed E-state index contributed by atoms with van der Waals surface area (Å²) in [6, 6.07) is 0.761. The predicted molar refractivity (Wildman–Crippen MR) is 68.2 cm³/mol. The fourth-order valence-corrected chi connectivity index (χ4v) is 3.15. The van der Waals surface area contributed by atoms with E-state index in [1.165, 1.54) is 57.8 Å². The molecule has 90 valence electrons. The van der Waals surface area contributed by atoms with Crippen molar-refractivity contribution < 1.29 is 0 Å². The van der Waals surface area contributed by atoms with E-state index in [1.54, 1.807) is 0 Å². The van der Waals surface area contributed by atoms with E-state index in [0.29, 0.717) is 5.41 Å². The molecule has 15 heavy (non-hydrogen) atoms. The van der Waals surface area contributed by atoms with E-state index in [4.69, 9.17) is 0 Å². The molecule has 0 heterocycles. The van der Waals surface area contributed by atoms with Gasteiger partial charge in [-0.3, -0.25) is 0 Å². The number of hydrogen-bond acceptors (Lipinski definition) is 1. The van der Waals surface area contributed by atoms with Gasteiger partial charge in [0.25, 0.3) is 0 Å². The Morgan fingerprint density at radius 2 is 1.80 bits per heavy atom. The van der Waals surface area contributed by atoms with Crippen LogP contribution in [0.25, 0.3) is 0 Å². The third-order valence-electron chi connectivity index (χ3n) is 4.28. The second-order valence-corrected chi connectivity index (χ2v) is 5.55. The van der Waals surface area contributed by atoms with Gasteiger partial charge in [0.2, 0.25) is 0 Å². The Bertz CT molecular complexity index is 159. The van der Waals surface area contributed by atoms with Crippen LogP contribution in [0, 0.1) is 5.41 Å². The lowest BCUT2D eigenvalue weighted by molar-refractivity contribution is 0.215. The number of unbranched alkanes of at least 4 members (excludes halogenated alkanes) is 3. The molecular weight excluding hydrogens is 182 g/mol. The molecule has 0 aromatic carbocycles. The van der Waals surface area contributed by atoms with E-state index in [1.807, 2.05) is 0 Å². The molecule has 0 aliphatic heterocycles. The zero-order valence-corrected chi connectivity index (χ0v) is 10.9. The molecule has 1 saturated carbocycles. The average Bonchev–Trinajstić information content (AvgIpc) is 2.66. The summed E-state index contributed by atoms with van der Waals surface area (Å²) in [5.41, 5.74) is 0.598. The topological polar surface area (TPSA) is 12.0 Å². The van der Waals surface area contributed by atoms with Gasteiger partial charge in [0.1, 0.15) is 0 Å². The smallest absolute Gasteiger partial charge is 0.0118 e. The fourth-order valence-electron chi connectivity index (χ4n) is 3.15. The minimum atomic E-state index is 0.598. The van der Waals surface area contributed by atoms with Crippen LogP contribution in [0.1, 0.15) is 71.6 Å². The highest BCUT2D eigenvalue weighted by molar-refractivity contribution is 4.90. The first kappa shape index (κ1) is 13.0. The van der Waals surface area contributed by atoms with Crippen molar-refractivity contribution in [3.63, 3.8) is 0 Å². The molecule has 1 atom stereocenters. The Morgan fingerprint density at radius 1 is 1.13 bits per heavy atom. The maximum atomic E-state index is 3.56. The standard InChI is InChI=1S/C14H29N/c1-4-5-6-7-10-13(15-3)14(2)11-8-9-12-14/h13,15H,4-12H2,1-3H3. The van der Waals surface area contributed by atoms with Crippen molar-refractivity contribution >= 4 is 0 Å². The minimum Gasteiger partial charge on any atom is -0.316 e. The van der Waals surface area contributed by atoms with Crippen molar-refractivity contribution in [1.82, 2.24) is 5.32 Å². The zero-order valence-electron chi connectivity index (χ0n) is 10.9. The SMILES string of the molecule is CCCCCCC(NC)C1(C)CCCC1. The monoisotopic (exact) mass is 211 g/mol. The van der Waals surface area contributed by atoms with E-state index in [2.05, 4.69) is 26.2 Å². The summed E-state index contributed by atoms with van der Waals surface area (Å²) in [6.07, 6.45) is 12.7. The Balaban J connectivity index is 2.28. The first-order valence-corrected chi connectivity index (χ1v) is 6.90. The van der Waals surface area contributed by atoms with Crippen LogP contribution >= 0.6 is 0 Å². The lowest BCUT2D eigenvalue weighted by Crippen LogP contribution is -2.40. The minimum absolute atomic E-state index is 0.598. The molecule has 0 aromatic rings. The van der Waals surface area contributed by atoms with E-state index in [-0.39, 0.29) is 0 Å². The van der Waals surface area contributed by atoms with Crippen molar-refractivity contribution in [3.05, 3.63) is 0 Å². The summed E-state index contributed by atoms with van der Waals surface area (Å²) in [6.45, 7) is 4.77. The second kappa shape index (κ2) is 6.52. The summed E-state index contributed by atoms with van der Waals surface area (Å²) in [7, 11) is 2.15. The van der Waals surface area contributed by atoms with Gasteiger partial charge >= 0.3 is 0 Å². The van der Waals surface area contributed by atoms with Crippen molar-refractivity contribution in [2.75, 3.05) is 7.05 Å². The van der Waals surface area contributed by atoms with Crippen LogP contribution in [0.2, 0.25) is 0 Å². The third-order valence-corrected chi connectivity index (χ3v) is 4.28. The Labute approximate surface area is 96.0 Å². The molecule has 0 spiro atoms. The van der Waals surface area contributed by atoms with Gasteiger partial charge in [-0.25, -0.2) is 0 Å². The maximum absolute atomic E-state index is 3.56. The lowest BCUT2D eigenvalue weighted by atomic mass is 9.78. The second-order valence-electron chi connectivity index (χ2n) is 5.55. The third kappa shape index (κ3) is 3.79. The van der Waals surface area contributed by atoms with Crippen LogP contribution in [-0.4, -0.2) is 13.1 Å². The molecule has 1 nitrogen and oxygen atoms in total. The number of rotatable bonds is 7. The molecule has 1 N–H and O–H groups in total. The fraction of sp³-hybridized carbons (Fsp3) is 1.00. The largest absolute Gasteiger partial charge is 0.316 e. The summed E-state index contributed by atoms with van der Waals surface area (Å²) in [5, 5.41) is 3.56. The molecule has 0 bridgehead atoms. The molecular formula is C14H29N. The summed E-state index contributed by atoms with van der Waals surface area (Å²) >= 11 is 0. The van der Waals surface area contributed by atoms with Crippen LogP contribution in [0.5, 0.6) is 0 Å². The maximum Gasteiger partial charge on any atom is 0.0118 e. The predicted octanol–water partition coefficient (Wildman–Crippen LogP) is 4.13. The van der Waals surface area contributed by atoms with Crippen LogP contribution in [0.3, 0.4) is 0 Å². The summed E-state index contributed by atoms with van der Waals surface area (Å²) in [5.74, 6) is 0. The highest BCUT2D eigenvalue weighted by atomic mass is 14.9. The van der Waals surface area contributed by atoms with Crippen LogP contribution in [0.15, 0.2) is 0 Å². The van der Waals surface area contributed by atoms with Gasteiger partial charge in [0.15, 0.2) is 0 Å². The summed E-state index contributed by atoms with van der Waals surface area (Å²) < 4.78 is 0. The molecule has 1 unspecified atom stereocenters. The van der Waals surface area contributed by atoms with Crippen molar-refractivity contribution in [2.24, 2.45) is 5.41 Å². The first-order chi connectivity index (χ1) is 7.23. The van der Waals surface area contributed by atoms with E-state index in [0.717, 1.165) is 6.04 Å². The molecule has 1 rings (SSSR count). The van der Waals surface area contributed by atoms with Crippen molar-refractivity contribution in [2.45, 2.75) is 77.7 Å². The normalized spacial score (nSPS) is 21.8. The van der Waals surface area contributed by atoms with E-state index >= 15 is 0 Å². The molecule has 0 aromatic heterocycles. The van der Waals surface area contributed by atoms with Gasteiger partial charge in [-0.05, 0) is 31.7 Å². The average molecular weight is 211 g/mol. The van der Waals surface area contributed by atoms with Gasteiger partial charge < -0.3 is 5.32 Å². The number of nitrogens with one attached hydrogen (secondary N) is 1. The summed E-state index contributed by atoms with van der Waals surface area (Å²) in [4.78, 5) is 0. The Morgan fingerprint density at radius 3 is 2.33 bits per heavy atom. The molecule has 0 saturated heterocycles. The molecule has 0 radical (unpaired) electrons. The van der Waals surface area contributed by atoms with E-state index in [9.17, 15) is 0 Å². The molecule has 1 aliphatic rings. The zero-order chi connectivity index (χ0) is 11.1. The van der Waals surface area contributed by atoms with Crippen LogP contribution in [-0.2, 0) is 0 Å². The van der Waals surface area contributed by atoms with Crippen molar-refractivity contribution in [1.29, 1.82) is 0 Å². The van der Waals surface area contributed by atoms with Crippen LogP contribution < -0.4 is 5.32 Å². The van der Waals surface area contributed by atoms with Crippen molar-refractivity contribution in [3.8, 4) is 0 Å². The van der Waals surface area contributed by atoms with Crippen LogP contribution in [0.4, 0.5) is 0 Å². The highest BCUT2D eigenvalue weighted by Crippen LogP contribution is 2.41. The number of hydrogen-bond donors (Lipinski definition) is 1. The van der Waals surface area contributed by atoms with Gasteiger partial charge in [0, 0.05) is 6.04 Å². The quantitative estimate of drug-likeness (QED) is 0.624. The Kier molecular flexibility index (Phi) is 5.66.